The van der Waals surface area contributed by atoms with Crippen LogP contribution in [0.1, 0.15) is 12.6 Å². The van der Waals surface area contributed by atoms with Gasteiger partial charge in [0.25, 0.3) is 0 Å². The van der Waals surface area contributed by atoms with Gasteiger partial charge in [-0.2, -0.15) is 0 Å². The average Bonchev–Trinajstić information content (AvgIpc) is 3.23. The highest BCUT2D eigenvalue weighted by Crippen LogP contribution is 2.35. The highest BCUT2D eigenvalue weighted by atomic mass is 14.9. The van der Waals surface area contributed by atoms with Crippen LogP contribution in [0.5, 0.6) is 0 Å². The van der Waals surface area contributed by atoms with Gasteiger partial charge >= 0.3 is 0 Å². The second kappa shape index (κ2) is 5.39. The molecule has 6 rings (SSSR count). The third-order valence-electron chi connectivity index (χ3n) is 6.46. The minimum Gasteiger partial charge on any atom is -0.351 e. The lowest BCUT2D eigenvalue weighted by atomic mass is 9.95. The number of nitrogens with zero attached hydrogens (tertiary/aromatic N) is 2. The van der Waals surface area contributed by atoms with Crippen molar-refractivity contribution in [1.29, 1.82) is 0 Å². The Labute approximate surface area is 163 Å². The van der Waals surface area contributed by atoms with Gasteiger partial charge in [0.05, 0.1) is 0 Å². The molecule has 0 aliphatic heterocycles. The number of hydrogen-bond acceptors (Lipinski definition) is 0. The lowest BCUT2D eigenvalue weighted by Gasteiger charge is -2.10. The molecule has 0 N–H and O–H groups in total. The van der Waals surface area contributed by atoms with E-state index in [9.17, 15) is 0 Å². The maximum Gasteiger partial charge on any atom is 0.0486 e. The minimum absolute atomic E-state index is 1.06. The number of rotatable bonds is 1. The smallest absolute Gasteiger partial charge is 0.0486 e. The van der Waals surface area contributed by atoms with Crippen molar-refractivity contribution in [3.05, 3.63) is 72.6 Å². The normalized spacial score (nSPS) is 12.2. The van der Waals surface area contributed by atoms with E-state index in [1.165, 1.54) is 59.8 Å². The van der Waals surface area contributed by atoms with Gasteiger partial charge in [-0.15, -0.1) is 0 Å². The van der Waals surface area contributed by atoms with E-state index in [1.807, 2.05) is 0 Å². The summed E-state index contributed by atoms with van der Waals surface area (Å²) >= 11 is 0. The molecule has 2 nitrogen and oxygen atoms in total. The van der Waals surface area contributed by atoms with Crippen molar-refractivity contribution in [2.75, 3.05) is 0 Å². The Bertz CT molecular complexity index is 1560. The molecule has 0 amide bonds. The maximum atomic E-state index is 2.37. The molecule has 0 radical (unpaired) electrons. The average molecular weight is 362 g/mol. The fourth-order valence-corrected chi connectivity index (χ4v) is 4.87. The summed E-state index contributed by atoms with van der Waals surface area (Å²) in [7, 11) is 4.30. The zero-order chi connectivity index (χ0) is 19.0. The highest BCUT2D eigenvalue weighted by molar-refractivity contribution is 6.20. The number of hydrogen-bond donors (Lipinski definition) is 0. The summed E-state index contributed by atoms with van der Waals surface area (Å²) in [6, 6.07) is 23.0. The van der Waals surface area contributed by atoms with Crippen molar-refractivity contribution in [3.63, 3.8) is 0 Å². The molecule has 2 aromatic heterocycles. The lowest BCUT2D eigenvalue weighted by Crippen LogP contribution is -1.93. The molecule has 2 heteroatoms. The van der Waals surface area contributed by atoms with Crippen molar-refractivity contribution in [2.45, 2.75) is 13.3 Å². The molecule has 2 heterocycles. The number of aryl methyl sites for hydroxylation is 3. The Balaban J connectivity index is 1.77. The molecule has 0 fully saturated rings. The summed E-state index contributed by atoms with van der Waals surface area (Å²) in [4.78, 5) is 0. The number of benzene rings is 4. The van der Waals surface area contributed by atoms with Gasteiger partial charge in [0, 0.05) is 47.8 Å². The largest absolute Gasteiger partial charge is 0.351 e. The van der Waals surface area contributed by atoms with Crippen molar-refractivity contribution >= 4 is 54.1 Å². The Hall–Kier alpha value is -3.26. The standard InChI is InChI=1S/C26H22N2/c1-4-20-13-19-12-17-6-8-21-22(24(17)15-26(19)28(20)3)7-5-16-11-18-9-10-27(2)25(18)14-23(16)21/h5-15H,4H2,1-3H3. The molecular weight excluding hydrogens is 340 g/mol. The zero-order valence-corrected chi connectivity index (χ0v) is 16.5. The molecule has 0 bridgehead atoms. The van der Waals surface area contributed by atoms with Crippen LogP contribution in [0.15, 0.2) is 66.9 Å². The van der Waals surface area contributed by atoms with Crippen LogP contribution in [-0.4, -0.2) is 9.13 Å². The van der Waals surface area contributed by atoms with E-state index in [2.05, 4.69) is 97.0 Å². The molecule has 0 saturated heterocycles. The summed E-state index contributed by atoms with van der Waals surface area (Å²) < 4.78 is 4.54. The SMILES string of the molecule is CCc1cc2cc3ccc4c5cc6c(ccn6C)cc5ccc4c3cc2n1C. The van der Waals surface area contributed by atoms with Gasteiger partial charge in [0.1, 0.15) is 0 Å². The van der Waals surface area contributed by atoms with Crippen LogP contribution >= 0.6 is 0 Å². The molecular formula is C26H22N2. The van der Waals surface area contributed by atoms with Gasteiger partial charge in [0.2, 0.25) is 0 Å². The van der Waals surface area contributed by atoms with E-state index in [-0.39, 0.29) is 0 Å². The van der Waals surface area contributed by atoms with Crippen LogP contribution in [0.2, 0.25) is 0 Å². The van der Waals surface area contributed by atoms with Gasteiger partial charge in [-0.3, -0.25) is 0 Å². The Morgan fingerprint density at radius 2 is 1.25 bits per heavy atom. The predicted octanol–water partition coefficient (Wildman–Crippen LogP) is 6.69. The third kappa shape index (κ3) is 1.98. The van der Waals surface area contributed by atoms with Crippen LogP contribution in [0.4, 0.5) is 0 Å². The molecule has 28 heavy (non-hydrogen) atoms. The predicted molar refractivity (Wildman–Crippen MR) is 121 cm³/mol. The van der Waals surface area contributed by atoms with Gasteiger partial charge < -0.3 is 9.13 Å². The molecule has 0 aliphatic rings. The van der Waals surface area contributed by atoms with E-state index in [1.54, 1.807) is 0 Å². The zero-order valence-electron chi connectivity index (χ0n) is 16.5. The fourth-order valence-electron chi connectivity index (χ4n) is 4.87. The van der Waals surface area contributed by atoms with Crippen molar-refractivity contribution in [2.24, 2.45) is 14.1 Å². The van der Waals surface area contributed by atoms with Gasteiger partial charge in [-0.1, -0.05) is 31.2 Å². The van der Waals surface area contributed by atoms with Crippen molar-refractivity contribution in [3.8, 4) is 0 Å². The second-order valence-electron chi connectivity index (χ2n) is 7.97. The third-order valence-corrected chi connectivity index (χ3v) is 6.46. The molecule has 0 atom stereocenters. The topological polar surface area (TPSA) is 9.86 Å². The second-order valence-corrected chi connectivity index (χ2v) is 7.97. The van der Waals surface area contributed by atoms with E-state index in [0.29, 0.717) is 0 Å². The first-order valence-electron chi connectivity index (χ1n) is 9.96. The fraction of sp³-hybridized carbons (Fsp3) is 0.154. The van der Waals surface area contributed by atoms with Crippen LogP contribution in [0, 0.1) is 0 Å². The van der Waals surface area contributed by atoms with E-state index in [0.717, 1.165) is 6.42 Å². The molecule has 0 spiro atoms. The van der Waals surface area contributed by atoms with Crippen LogP contribution in [0.25, 0.3) is 54.1 Å². The number of aromatic nitrogens is 2. The molecule has 4 aromatic carbocycles. The minimum atomic E-state index is 1.06. The molecule has 0 unspecified atom stereocenters. The maximum absolute atomic E-state index is 2.37. The van der Waals surface area contributed by atoms with Gasteiger partial charge in [0.15, 0.2) is 0 Å². The number of fused-ring (bicyclic) bond motifs is 7. The summed E-state index contributed by atoms with van der Waals surface area (Å²) in [6.07, 6.45) is 3.19. The summed E-state index contributed by atoms with van der Waals surface area (Å²) in [6.45, 7) is 2.22. The highest BCUT2D eigenvalue weighted by Gasteiger charge is 2.10. The van der Waals surface area contributed by atoms with Crippen molar-refractivity contribution in [1.82, 2.24) is 9.13 Å². The monoisotopic (exact) mass is 362 g/mol. The van der Waals surface area contributed by atoms with E-state index >= 15 is 0 Å². The molecule has 6 aromatic rings. The first-order valence-corrected chi connectivity index (χ1v) is 9.96. The van der Waals surface area contributed by atoms with E-state index in [4.69, 9.17) is 0 Å². The van der Waals surface area contributed by atoms with Gasteiger partial charge in [-0.25, -0.2) is 0 Å². The summed E-state index contributed by atoms with van der Waals surface area (Å²) in [5.41, 5.74) is 3.98. The summed E-state index contributed by atoms with van der Waals surface area (Å²) in [5, 5.41) is 10.6. The Kier molecular flexibility index (Phi) is 3.03. The van der Waals surface area contributed by atoms with Crippen LogP contribution in [-0.2, 0) is 20.5 Å². The first kappa shape index (κ1) is 15.8. The summed E-state index contributed by atoms with van der Waals surface area (Å²) in [5.74, 6) is 0. The van der Waals surface area contributed by atoms with Crippen LogP contribution in [0.3, 0.4) is 0 Å². The lowest BCUT2D eigenvalue weighted by molar-refractivity contribution is 0.866. The Morgan fingerprint density at radius 1 is 0.607 bits per heavy atom. The Morgan fingerprint density at radius 3 is 1.93 bits per heavy atom. The van der Waals surface area contributed by atoms with Crippen molar-refractivity contribution < 1.29 is 0 Å². The molecule has 0 aliphatic carbocycles. The molecule has 0 saturated carbocycles. The van der Waals surface area contributed by atoms with E-state index < -0.39 is 0 Å². The van der Waals surface area contributed by atoms with Crippen LogP contribution < -0.4 is 0 Å². The first-order chi connectivity index (χ1) is 13.6. The van der Waals surface area contributed by atoms with Gasteiger partial charge in [-0.05, 0) is 75.1 Å². The quantitative estimate of drug-likeness (QED) is 0.288. The molecule has 136 valence electrons.